The van der Waals surface area contributed by atoms with E-state index in [0.717, 1.165) is 32.4 Å². The van der Waals surface area contributed by atoms with E-state index in [-0.39, 0.29) is 0 Å². The number of carbonyl (C=O) groups is 2. The Balaban J connectivity index is 1.91. The molecule has 0 aromatic heterocycles. The van der Waals surface area contributed by atoms with E-state index < -0.39 is 11.8 Å². The molecule has 0 radical (unpaired) electrons. The molecule has 0 unspecified atom stereocenters. The van der Waals surface area contributed by atoms with Gasteiger partial charge in [0.15, 0.2) is 0 Å². The first kappa shape index (κ1) is 15.5. The zero-order valence-electron chi connectivity index (χ0n) is 12.5. The molecule has 0 spiro atoms. The first-order valence-corrected chi connectivity index (χ1v) is 7.60. The largest absolute Gasteiger partial charge is 0.333 e. The van der Waals surface area contributed by atoms with Crippen molar-refractivity contribution in [1.82, 2.24) is 10.2 Å². The third-order valence-corrected chi connectivity index (χ3v) is 3.57. The Hall–Kier alpha value is -1.88. The average molecular weight is 289 g/mol. The van der Waals surface area contributed by atoms with Crippen LogP contribution < -0.4 is 10.6 Å². The second-order valence-electron chi connectivity index (χ2n) is 5.30. The van der Waals surface area contributed by atoms with Crippen LogP contribution in [0.15, 0.2) is 24.3 Å². The number of amides is 2. The van der Waals surface area contributed by atoms with Gasteiger partial charge in [-0.1, -0.05) is 25.5 Å². The summed E-state index contributed by atoms with van der Waals surface area (Å²) in [5, 5.41) is 5.89. The Morgan fingerprint density at radius 1 is 1.19 bits per heavy atom. The Bertz CT molecular complexity index is 477. The highest BCUT2D eigenvalue weighted by Crippen LogP contribution is 2.11. The molecule has 2 rings (SSSR count). The van der Waals surface area contributed by atoms with E-state index in [1.54, 1.807) is 4.90 Å². The number of benzene rings is 1. The SMILES string of the molecule is CCCc1ccc(NC(=O)C(=O)N2CCCNCC2)cc1. The van der Waals surface area contributed by atoms with Gasteiger partial charge < -0.3 is 15.5 Å². The summed E-state index contributed by atoms with van der Waals surface area (Å²) in [5.41, 5.74) is 1.90. The number of rotatable bonds is 3. The lowest BCUT2D eigenvalue weighted by atomic mass is 10.1. The van der Waals surface area contributed by atoms with Crippen molar-refractivity contribution >= 4 is 17.5 Å². The second-order valence-corrected chi connectivity index (χ2v) is 5.30. The summed E-state index contributed by atoms with van der Waals surface area (Å²) < 4.78 is 0. The molecule has 2 amide bonds. The fourth-order valence-electron chi connectivity index (χ4n) is 2.42. The van der Waals surface area contributed by atoms with Crippen LogP contribution >= 0.6 is 0 Å². The monoisotopic (exact) mass is 289 g/mol. The number of hydrogen-bond acceptors (Lipinski definition) is 3. The molecule has 1 saturated heterocycles. The summed E-state index contributed by atoms with van der Waals surface area (Å²) in [7, 11) is 0. The van der Waals surface area contributed by atoms with E-state index in [1.807, 2.05) is 24.3 Å². The molecule has 2 N–H and O–H groups in total. The number of carbonyl (C=O) groups excluding carboxylic acids is 2. The van der Waals surface area contributed by atoms with Crippen molar-refractivity contribution in [3.05, 3.63) is 29.8 Å². The van der Waals surface area contributed by atoms with Crippen LogP contribution in [0.3, 0.4) is 0 Å². The zero-order chi connectivity index (χ0) is 15.1. The van der Waals surface area contributed by atoms with Gasteiger partial charge in [-0.25, -0.2) is 0 Å². The van der Waals surface area contributed by atoms with Gasteiger partial charge in [-0.2, -0.15) is 0 Å². The minimum Gasteiger partial charge on any atom is -0.333 e. The zero-order valence-corrected chi connectivity index (χ0v) is 12.5. The highest BCUT2D eigenvalue weighted by molar-refractivity contribution is 6.39. The minimum absolute atomic E-state index is 0.448. The van der Waals surface area contributed by atoms with E-state index in [4.69, 9.17) is 0 Å². The lowest BCUT2D eigenvalue weighted by Crippen LogP contribution is -2.41. The maximum atomic E-state index is 12.1. The van der Waals surface area contributed by atoms with Gasteiger partial charge in [0.25, 0.3) is 0 Å². The Morgan fingerprint density at radius 2 is 1.95 bits per heavy atom. The van der Waals surface area contributed by atoms with Crippen molar-refractivity contribution in [1.29, 1.82) is 0 Å². The number of nitrogens with one attached hydrogen (secondary N) is 2. The summed E-state index contributed by atoms with van der Waals surface area (Å²) >= 11 is 0. The molecule has 114 valence electrons. The molecule has 0 aliphatic carbocycles. The maximum absolute atomic E-state index is 12.1. The van der Waals surface area contributed by atoms with Crippen LogP contribution in [0.2, 0.25) is 0 Å². The van der Waals surface area contributed by atoms with E-state index in [2.05, 4.69) is 17.6 Å². The van der Waals surface area contributed by atoms with Gasteiger partial charge in [-0.15, -0.1) is 0 Å². The number of nitrogens with zero attached hydrogens (tertiary/aromatic N) is 1. The highest BCUT2D eigenvalue weighted by atomic mass is 16.2. The quantitative estimate of drug-likeness (QED) is 0.827. The molecular formula is C16H23N3O2. The van der Waals surface area contributed by atoms with E-state index >= 15 is 0 Å². The molecule has 1 aromatic carbocycles. The van der Waals surface area contributed by atoms with Crippen molar-refractivity contribution in [3.8, 4) is 0 Å². The van der Waals surface area contributed by atoms with Gasteiger partial charge in [0.1, 0.15) is 0 Å². The second kappa shape index (κ2) is 7.78. The first-order valence-electron chi connectivity index (χ1n) is 7.60. The summed E-state index contributed by atoms with van der Waals surface area (Å²) in [6.45, 7) is 4.98. The fourth-order valence-corrected chi connectivity index (χ4v) is 2.42. The number of aryl methyl sites for hydroxylation is 1. The van der Waals surface area contributed by atoms with Crippen molar-refractivity contribution in [2.24, 2.45) is 0 Å². The van der Waals surface area contributed by atoms with Crippen molar-refractivity contribution in [2.45, 2.75) is 26.2 Å². The molecule has 1 aliphatic heterocycles. The Labute approximate surface area is 125 Å². The molecule has 1 heterocycles. The molecule has 5 nitrogen and oxygen atoms in total. The summed E-state index contributed by atoms with van der Waals surface area (Å²) in [6, 6.07) is 7.67. The normalized spacial score (nSPS) is 15.4. The molecule has 1 fully saturated rings. The Morgan fingerprint density at radius 3 is 2.67 bits per heavy atom. The van der Waals surface area contributed by atoms with E-state index in [1.165, 1.54) is 5.56 Å². The van der Waals surface area contributed by atoms with Crippen molar-refractivity contribution in [3.63, 3.8) is 0 Å². The van der Waals surface area contributed by atoms with Crippen LogP contribution in [-0.2, 0) is 16.0 Å². The van der Waals surface area contributed by atoms with Gasteiger partial charge in [0.05, 0.1) is 0 Å². The highest BCUT2D eigenvalue weighted by Gasteiger charge is 2.22. The Kier molecular flexibility index (Phi) is 5.75. The van der Waals surface area contributed by atoms with Crippen LogP contribution in [0, 0.1) is 0 Å². The molecule has 0 saturated carbocycles. The molecule has 21 heavy (non-hydrogen) atoms. The molecule has 5 heteroatoms. The molecule has 1 aliphatic rings. The average Bonchev–Trinajstić information content (AvgIpc) is 2.78. The predicted molar refractivity (Wildman–Crippen MR) is 83.1 cm³/mol. The smallest absolute Gasteiger partial charge is 0.313 e. The van der Waals surface area contributed by atoms with E-state index in [0.29, 0.717) is 18.8 Å². The van der Waals surface area contributed by atoms with Gasteiger partial charge >= 0.3 is 11.8 Å². The summed E-state index contributed by atoms with van der Waals surface area (Å²) in [6.07, 6.45) is 2.99. The molecule has 1 aromatic rings. The predicted octanol–water partition coefficient (Wildman–Crippen LogP) is 1.40. The van der Waals surface area contributed by atoms with Crippen molar-refractivity contribution in [2.75, 3.05) is 31.5 Å². The lowest BCUT2D eigenvalue weighted by Gasteiger charge is -2.19. The fraction of sp³-hybridized carbons (Fsp3) is 0.500. The lowest BCUT2D eigenvalue weighted by molar-refractivity contribution is -0.143. The third kappa shape index (κ3) is 4.56. The third-order valence-electron chi connectivity index (χ3n) is 3.57. The van der Waals surface area contributed by atoms with Crippen LogP contribution in [-0.4, -0.2) is 42.9 Å². The molecular weight excluding hydrogens is 266 g/mol. The molecule has 0 bridgehead atoms. The van der Waals surface area contributed by atoms with Gasteiger partial charge in [-0.3, -0.25) is 9.59 Å². The van der Waals surface area contributed by atoms with Gasteiger partial charge in [0, 0.05) is 25.3 Å². The number of anilines is 1. The standard InChI is InChI=1S/C16H23N3O2/c1-2-4-13-5-7-14(8-6-13)18-15(20)16(21)19-11-3-9-17-10-12-19/h5-8,17H,2-4,9-12H2,1H3,(H,18,20). The first-order chi connectivity index (χ1) is 10.2. The van der Waals surface area contributed by atoms with Crippen LogP contribution in [0.4, 0.5) is 5.69 Å². The van der Waals surface area contributed by atoms with Crippen molar-refractivity contribution < 1.29 is 9.59 Å². The maximum Gasteiger partial charge on any atom is 0.313 e. The summed E-state index contributed by atoms with van der Waals surface area (Å²) in [5.74, 6) is -1.00. The van der Waals surface area contributed by atoms with Gasteiger partial charge in [0.2, 0.25) is 0 Å². The number of hydrogen-bond donors (Lipinski definition) is 2. The topological polar surface area (TPSA) is 61.4 Å². The minimum atomic E-state index is -0.555. The van der Waals surface area contributed by atoms with Gasteiger partial charge in [-0.05, 0) is 37.1 Å². The summed E-state index contributed by atoms with van der Waals surface area (Å²) in [4.78, 5) is 25.7. The van der Waals surface area contributed by atoms with E-state index in [9.17, 15) is 9.59 Å². The van der Waals surface area contributed by atoms with Crippen LogP contribution in [0.25, 0.3) is 0 Å². The molecule has 0 atom stereocenters. The van der Waals surface area contributed by atoms with Crippen LogP contribution in [0.1, 0.15) is 25.3 Å². The van der Waals surface area contributed by atoms with Crippen LogP contribution in [0.5, 0.6) is 0 Å².